The fourth-order valence-electron chi connectivity index (χ4n) is 2.11. The van der Waals surface area contributed by atoms with Crippen molar-refractivity contribution in [2.75, 3.05) is 33.8 Å². The van der Waals surface area contributed by atoms with Gasteiger partial charge >= 0.3 is 0 Å². The van der Waals surface area contributed by atoms with Gasteiger partial charge in [0.2, 0.25) is 0 Å². The van der Waals surface area contributed by atoms with Gasteiger partial charge in [-0.2, -0.15) is 0 Å². The van der Waals surface area contributed by atoms with Crippen molar-refractivity contribution in [3.05, 3.63) is 27.7 Å². The molecule has 1 heterocycles. The van der Waals surface area contributed by atoms with Crippen LogP contribution in [0.3, 0.4) is 0 Å². The van der Waals surface area contributed by atoms with Crippen molar-refractivity contribution in [2.45, 2.75) is 6.04 Å². The van der Waals surface area contributed by atoms with E-state index in [2.05, 4.69) is 17.3 Å². The highest BCUT2D eigenvalue weighted by atomic mass is 35.5. The van der Waals surface area contributed by atoms with Gasteiger partial charge in [-0.1, -0.05) is 23.2 Å². The van der Waals surface area contributed by atoms with Gasteiger partial charge in [-0.15, -0.1) is 0 Å². The minimum absolute atomic E-state index is 0.264. The van der Waals surface area contributed by atoms with Gasteiger partial charge in [0.05, 0.1) is 12.1 Å². The highest BCUT2D eigenvalue weighted by molar-refractivity contribution is 6.34. The third-order valence-electron chi connectivity index (χ3n) is 3.14. The molecule has 0 aromatic heterocycles. The van der Waals surface area contributed by atoms with E-state index in [1.165, 1.54) is 0 Å². The minimum Gasteiger partial charge on any atom is -0.495 e. The van der Waals surface area contributed by atoms with Gasteiger partial charge in [0.15, 0.2) is 0 Å². The molecule has 2 rings (SSSR count). The van der Waals surface area contributed by atoms with E-state index in [1.807, 2.05) is 6.07 Å². The Balaban J connectivity index is 2.34. The maximum Gasteiger partial charge on any atom is 0.138 e. The molecule has 1 aliphatic rings. The molecule has 0 aliphatic carbocycles. The summed E-state index contributed by atoms with van der Waals surface area (Å²) in [7, 11) is 3.69. The number of piperazine rings is 1. The molecule has 1 aromatic rings. The Morgan fingerprint density at radius 1 is 1.35 bits per heavy atom. The number of hydrogen-bond acceptors (Lipinski definition) is 3. The molecule has 0 spiro atoms. The number of rotatable bonds is 2. The van der Waals surface area contributed by atoms with Gasteiger partial charge < -0.3 is 10.1 Å². The van der Waals surface area contributed by atoms with E-state index in [9.17, 15) is 0 Å². The minimum atomic E-state index is 0.264. The molecule has 1 N–H and O–H groups in total. The zero-order valence-corrected chi connectivity index (χ0v) is 11.5. The molecule has 0 amide bonds. The normalized spacial score (nSPS) is 21.5. The molecule has 5 heteroatoms. The second-order valence-corrected chi connectivity index (χ2v) is 5.02. The predicted molar refractivity (Wildman–Crippen MR) is 71.3 cm³/mol. The van der Waals surface area contributed by atoms with Gasteiger partial charge in [-0.3, -0.25) is 4.90 Å². The molecule has 1 atom stereocenters. The van der Waals surface area contributed by atoms with Crippen LogP contribution in [0.25, 0.3) is 0 Å². The van der Waals surface area contributed by atoms with Crippen LogP contribution in [-0.2, 0) is 0 Å². The Kier molecular flexibility index (Phi) is 4.15. The average Bonchev–Trinajstić information content (AvgIpc) is 2.32. The van der Waals surface area contributed by atoms with Gasteiger partial charge in [0.1, 0.15) is 5.75 Å². The van der Waals surface area contributed by atoms with E-state index in [4.69, 9.17) is 27.9 Å². The first kappa shape index (κ1) is 13.0. The summed E-state index contributed by atoms with van der Waals surface area (Å²) in [6.45, 7) is 2.90. The Bertz CT molecular complexity index is 412. The lowest BCUT2D eigenvalue weighted by molar-refractivity contribution is 0.202. The quantitative estimate of drug-likeness (QED) is 0.897. The molecule has 1 aromatic carbocycles. The van der Waals surface area contributed by atoms with Crippen LogP contribution in [0, 0.1) is 0 Å². The highest BCUT2D eigenvalue weighted by Crippen LogP contribution is 2.35. The van der Waals surface area contributed by atoms with Crippen LogP contribution >= 0.6 is 23.2 Å². The number of methoxy groups -OCH3 is 1. The Morgan fingerprint density at radius 3 is 2.76 bits per heavy atom. The lowest BCUT2D eigenvalue weighted by Crippen LogP contribution is -2.43. The number of ether oxygens (including phenoxy) is 1. The summed E-state index contributed by atoms with van der Waals surface area (Å²) in [6, 6.07) is 3.94. The average molecular weight is 275 g/mol. The number of halogens is 2. The summed E-state index contributed by atoms with van der Waals surface area (Å²) in [5.41, 5.74) is 1.05. The zero-order valence-electron chi connectivity index (χ0n) is 9.96. The van der Waals surface area contributed by atoms with Crippen molar-refractivity contribution in [1.82, 2.24) is 10.2 Å². The molecule has 0 saturated carbocycles. The van der Waals surface area contributed by atoms with Crippen LogP contribution < -0.4 is 10.1 Å². The summed E-state index contributed by atoms with van der Waals surface area (Å²) >= 11 is 12.4. The summed E-state index contributed by atoms with van der Waals surface area (Å²) in [6.07, 6.45) is 0. The lowest BCUT2D eigenvalue weighted by atomic mass is 10.0. The maximum atomic E-state index is 6.29. The molecule has 17 heavy (non-hydrogen) atoms. The highest BCUT2D eigenvalue weighted by Gasteiger charge is 2.23. The third kappa shape index (κ3) is 2.68. The van der Waals surface area contributed by atoms with Crippen LogP contribution in [0.5, 0.6) is 5.75 Å². The first-order valence-electron chi connectivity index (χ1n) is 5.57. The largest absolute Gasteiger partial charge is 0.495 e. The topological polar surface area (TPSA) is 24.5 Å². The lowest BCUT2D eigenvalue weighted by Gasteiger charge is -2.34. The van der Waals surface area contributed by atoms with Gasteiger partial charge in [-0.25, -0.2) is 0 Å². The van der Waals surface area contributed by atoms with E-state index < -0.39 is 0 Å². The van der Waals surface area contributed by atoms with E-state index >= 15 is 0 Å². The standard InChI is InChI=1S/C12H16Cl2N2O/c1-16-4-3-15-7-11(16)8-5-10(14)12(17-2)6-9(8)13/h5-6,11,15H,3-4,7H2,1-2H3. The monoisotopic (exact) mass is 274 g/mol. The van der Waals surface area contributed by atoms with Crippen molar-refractivity contribution in [2.24, 2.45) is 0 Å². The molecule has 3 nitrogen and oxygen atoms in total. The van der Waals surface area contributed by atoms with Crippen LogP contribution in [0.4, 0.5) is 0 Å². The summed E-state index contributed by atoms with van der Waals surface area (Å²) in [4.78, 5) is 2.28. The summed E-state index contributed by atoms with van der Waals surface area (Å²) in [5.74, 6) is 0.617. The first-order chi connectivity index (χ1) is 8.13. The molecular weight excluding hydrogens is 259 g/mol. The van der Waals surface area contributed by atoms with Crippen LogP contribution in [0.15, 0.2) is 12.1 Å². The Morgan fingerprint density at radius 2 is 2.12 bits per heavy atom. The number of benzene rings is 1. The molecule has 1 fully saturated rings. The molecule has 0 bridgehead atoms. The van der Waals surface area contributed by atoms with E-state index in [0.29, 0.717) is 15.8 Å². The third-order valence-corrected chi connectivity index (χ3v) is 3.76. The molecular formula is C12H16Cl2N2O. The van der Waals surface area contributed by atoms with Crippen molar-refractivity contribution >= 4 is 23.2 Å². The molecule has 1 aliphatic heterocycles. The molecule has 1 saturated heterocycles. The number of likely N-dealkylation sites (N-methyl/N-ethyl adjacent to an activating group) is 1. The smallest absolute Gasteiger partial charge is 0.138 e. The van der Waals surface area contributed by atoms with Crippen molar-refractivity contribution < 1.29 is 4.74 Å². The molecule has 0 radical (unpaired) electrons. The fourth-order valence-corrected chi connectivity index (χ4v) is 2.64. The van der Waals surface area contributed by atoms with E-state index in [1.54, 1.807) is 13.2 Å². The summed E-state index contributed by atoms with van der Waals surface area (Å²) in [5, 5.41) is 4.67. The number of nitrogens with zero attached hydrogens (tertiary/aromatic N) is 1. The fraction of sp³-hybridized carbons (Fsp3) is 0.500. The second kappa shape index (κ2) is 5.44. The van der Waals surface area contributed by atoms with Crippen LogP contribution in [0.2, 0.25) is 10.0 Å². The SMILES string of the molecule is COc1cc(Cl)c(C2CNCCN2C)cc1Cl. The zero-order chi connectivity index (χ0) is 12.4. The van der Waals surface area contributed by atoms with Crippen molar-refractivity contribution in [3.8, 4) is 5.75 Å². The molecule has 94 valence electrons. The summed E-state index contributed by atoms with van der Waals surface area (Å²) < 4.78 is 5.15. The number of hydrogen-bond donors (Lipinski definition) is 1. The number of nitrogens with one attached hydrogen (secondary N) is 1. The van der Waals surface area contributed by atoms with Crippen molar-refractivity contribution in [3.63, 3.8) is 0 Å². The maximum absolute atomic E-state index is 6.29. The van der Waals surface area contributed by atoms with Gasteiger partial charge in [-0.05, 0) is 18.7 Å². The van der Waals surface area contributed by atoms with Gasteiger partial charge in [0, 0.05) is 36.8 Å². The van der Waals surface area contributed by atoms with E-state index in [-0.39, 0.29) is 6.04 Å². The van der Waals surface area contributed by atoms with Crippen LogP contribution in [-0.4, -0.2) is 38.7 Å². The Hall–Kier alpha value is -0.480. The van der Waals surface area contributed by atoms with Crippen molar-refractivity contribution in [1.29, 1.82) is 0 Å². The predicted octanol–water partition coefficient (Wildman–Crippen LogP) is 2.58. The van der Waals surface area contributed by atoms with Crippen LogP contribution in [0.1, 0.15) is 11.6 Å². The first-order valence-corrected chi connectivity index (χ1v) is 6.33. The second-order valence-electron chi connectivity index (χ2n) is 4.21. The molecule has 1 unspecified atom stereocenters. The van der Waals surface area contributed by atoms with E-state index in [0.717, 1.165) is 25.2 Å². The Labute approximate surface area is 112 Å². The van der Waals surface area contributed by atoms with Gasteiger partial charge in [0.25, 0.3) is 0 Å².